The highest BCUT2D eigenvalue weighted by atomic mass is 32.2. The molecule has 3 saturated heterocycles. The second-order valence-electron chi connectivity index (χ2n) is 9.76. The Kier molecular flexibility index (Phi) is 6.86. The minimum atomic E-state index is -3.22. The smallest absolute Gasteiger partial charge is 0.230 e. The van der Waals surface area contributed by atoms with Crippen LogP contribution in [0.5, 0.6) is 5.88 Å². The van der Waals surface area contributed by atoms with Gasteiger partial charge in [-0.05, 0) is 39.5 Å². The van der Waals surface area contributed by atoms with E-state index < -0.39 is 10.0 Å². The van der Waals surface area contributed by atoms with Crippen LogP contribution < -0.4 is 15.0 Å². The molecule has 0 saturated carbocycles. The highest BCUT2D eigenvalue weighted by Gasteiger charge is 2.45. The van der Waals surface area contributed by atoms with Crippen LogP contribution in [0.25, 0.3) is 0 Å². The van der Waals surface area contributed by atoms with Crippen LogP contribution in [0, 0.1) is 6.92 Å². The van der Waals surface area contributed by atoms with Gasteiger partial charge in [0.2, 0.25) is 21.9 Å². The van der Waals surface area contributed by atoms with Crippen LogP contribution in [-0.4, -0.2) is 83.1 Å². The third-order valence-electron chi connectivity index (χ3n) is 7.26. The Morgan fingerprint density at radius 2 is 1.97 bits per heavy atom. The fourth-order valence-corrected chi connectivity index (χ4v) is 7.07. The maximum atomic E-state index is 12.8. The molecule has 0 aromatic carbocycles. The number of ether oxygens (including phenoxy) is 2. The van der Waals surface area contributed by atoms with Gasteiger partial charge < -0.3 is 19.7 Å². The molecule has 2 aromatic rings. The Morgan fingerprint density at radius 1 is 1.20 bits per heavy atom. The number of sulfonamides is 1. The normalized spacial score (nSPS) is 27.1. The molecule has 3 fully saturated rings. The molecule has 0 unspecified atom stereocenters. The average Bonchev–Trinajstić information content (AvgIpc) is 3.49. The van der Waals surface area contributed by atoms with Gasteiger partial charge in [-0.15, -0.1) is 0 Å². The SMILES string of the molecule is CCS(=O)(=O)N1[C@@H]2CCC[C@H]1C[C@H](N(C)c1nc(Nc3cc(C)[nH]n3)cc(O[C@H]3CCOC3)n1)C2. The van der Waals surface area contributed by atoms with Gasteiger partial charge in [0.15, 0.2) is 5.82 Å². The van der Waals surface area contributed by atoms with E-state index in [0.29, 0.717) is 36.7 Å². The molecule has 12 heteroatoms. The van der Waals surface area contributed by atoms with Gasteiger partial charge in [0, 0.05) is 49.4 Å². The number of hydrogen-bond donors (Lipinski definition) is 2. The van der Waals surface area contributed by atoms with Crippen molar-refractivity contribution >= 4 is 27.6 Å². The summed E-state index contributed by atoms with van der Waals surface area (Å²) in [5, 5.41) is 10.4. The van der Waals surface area contributed by atoms with Crippen LogP contribution in [0.2, 0.25) is 0 Å². The van der Waals surface area contributed by atoms with Crippen LogP contribution in [0.3, 0.4) is 0 Å². The molecule has 11 nitrogen and oxygen atoms in total. The van der Waals surface area contributed by atoms with E-state index in [1.165, 1.54) is 0 Å². The zero-order valence-corrected chi connectivity index (χ0v) is 21.4. The van der Waals surface area contributed by atoms with E-state index >= 15 is 0 Å². The van der Waals surface area contributed by atoms with Gasteiger partial charge in [-0.2, -0.15) is 19.4 Å². The maximum Gasteiger partial charge on any atom is 0.230 e. The molecule has 3 aliphatic heterocycles. The van der Waals surface area contributed by atoms with Gasteiger partial charge >= 0.3 is 0 Å². The number of anilines is 3. The molecule has 2 aromatic heterocycles. The topological polar surface area (TPSA) is 126 Å². The summed E-state index contributed by atoms with van der Waals surface area (Å²) in [4.78, 5) is 11.6. The molecule has 0 aliphatic carbocycles. The van der Waals surface area contributed by atoms with Crippen molar-refractivity contribution in [2.24, 2.45) is 0 Å². The first-order valence-electron chi connectivity index (χ1n) is 12.5. The predicted molar refractivity (Wildman–Crippen MR) is 133 cm³/mol. The molecule has 3 aliphatic rings. The van der Waals surface area contributed by atoms with Gasteiger partial charge in [0.05, 0.1) is 19.0 Å². The summed E-state index contributed by atoms with van der Waals surface area (Å²) in [6.45, 7) is 4.90. The Hall–Kier alpha value is -2.44. The minimum absolute atomic E-state index is 0.0274. The first kappa shape index (κ1) is 24.3. The number of H-pyrrole nitrogens is 1. The van der Waals surface area contributed by atoms with Crippen LogP contribution in [0.4, 0.5) is 17.6 Å². The molecule has 4 atom stereocenters. The van der Waals surface area contributed by atoms with Gasteiger partial charge in [-0.1, -0.05) is 6.42 Å². The largest absolute Gasteiger partial charge is 0.472 e. The van der Waals surface area contributed by atoms with Gasteiger partial charge in [-0.25, -0.2) is 8.42 Å². The number of aromatic nitrogens is 4. The van der Waals surface area contributed by atoms with Crippen LogP contribution >= 0.6 is 0 Å². The highest BCUT2D eigenvalue weighted by Crippen LogP contribution is 2.38. The Morgan fingerprint density at radius 3 is 2.60 bits per heavy atom. The van der Waals surface area contributed by atoms with E-state index in [1.807, 2.05) is 20.0 Å². The number of nitrogens with one attached hydrogen (secondary N) is 2. The number of nitrogens with zero attached hydrogens (tertiary/aromatic N) is 5. The standard InChI is InChI=1S/C23H35N7O4S/c1-4-35(31,32)30-16-6-5-7-17(30)12-18(11-16)29(3)23-25-20(24-21-10-15(2)27-28-21)13-22(26-23)34-19-8-9-33-14-19/h10,13,16-19H,4-9,11-12,14H2,1-3H3,(H2,24,25,26,27,28)/t16-,17+,18-,19-/m0/s1. The minimum Gasteiger partial charge on any atom is -0.472 e. The summed E-state index contributed by atoms with van der Waals surface area (Å²) in [6, 6.07) is 3.88. The highest BCUT2D eigenvalue weighted by molar-refractivity contribution is 7.89. The summed E-state index contributed by atoms with van der Waals surface area (Å²) >= 11 is 0. The Balaban J connectivity index is 1.40. The zero-order valence-electron chi connectivity index (χ0n) is 20.6. The second kappa shape index (κ2) is 9.90. The van der Waals surface area contributed by atoms with Crippen molar-refractivity contribution in [1.29, 1.82) is 0 Å². The Bertz CT molecular complexity index is 1120. The lowest BCUT2D eigenvalue weighted by atomic mass is 9.83. The molecule has 0 spiro atoms. The fraction of sp³-hybridized carbons (Fsp3) is 0.696. The van der Waals surface area contributed by atoms with Crippen molar-refractivity contribution in [3.63, 3.8) is 0 Å². The van der Waals surface area contributed by atoms with Crippen molar-refractivity contribution in [2.75, 3.05) is 36.2 Å². The molecule has 192 valence electrons. The van der Waals surface area contributed by atoms with Crippen molar-refractivity contribution < 1.29 is 17.9 Å². The summed E-state index contributed by atoms with van der Waals surface area (Å²) < 4.78 is 39.0. The van der Waals surface area contributed by atoms with Gasteiger partial charge in [0.25, 0.3) is 0 Å². The number of hydrogen-bond acceptors (Lipinski definition) is 9. The molecule has 35 heavy (non-hydrogen) atoms. The van der Waals surface area contributed by atoms with Crippen LogP contribution in [0.1, 0.15) is 51.1 Å². The van der Waals surface area contributed by atoms with E-state index in [0.717, 1.165) is 44.2 Å². The fourth-order valence-electron chi connectivity index (χ4n) is 5.48. The third-order valence-corrected chi connectivity index (χ3v) is 9.23. The molecule has 5 heterocycles. The molecule has 2 N–H and O–H groups in total. The summed E-state index contributed by atoms with van der Waals surface area (Å²) in [5.74, 6) is 2.44. The number of aromatic amines is 1. The van der Waals surface area contributed by atoms with Crippen molar-refractivity contribution in [2.45, 2.75) is 76.6 Å². The van der Waals surface area contributed by atoms with Gasteiger partial charge in [0.1, 0.15) is 11.9 Å². The number of rotatable bonds is 8. The van der Waals surface area contributed by atoms with Crippen LogP contribution in [0.15, 0.2) is 12.1 Å². The number of fused-ring (bicyclic) bond motifs is 2. The summed E-state index contributed by atoms with van der Waals surface area (Å²) in [5.41, 5.74) is 0.943. The van der Waals surface area contributed by atoms with Crippen LogP contribution in [-0.2, 0) is 14.8 Å². The monoisotopic (exact) mass is 505 g/mol. The van der Waals surface area contributed by atoms with Crippen molar-refractivity contribution in [3.8, 4) is 5.88 Å². The number of piperidine rings is 2. The number of aryl methyl sites for hydroxylation is 1. The van der Waals surface area contributed by atoms with E-state index in [1.54, 1.807) is 17.3 Å². The first-order valence-corrected chi connectivity index (χ1v) is 14.1. The molecule has 0 radical (unpaired) electrons. The van der Waals surface area contributed by atoms with Gasteiger partial charge in [-0.3, -0.25) is 5.10 Å². The average molecular weight is 506 g/mol. The molecular weight excluding hydrogens is 470 g/mol. The molecule has 2 bridgehead atoms. The molecular formula is C23H35N7O4S. The summed E-state index contributed by atoms with van der Waals surface area (Å²) in [7, 11) is -1.23. The van der Waals surface area contributed by atoms with Crippen molar-refractivity contribution in [3.05, 3.63) is 17.8 Å². The first-order chi connectivity index (χ1) is 16.8. The second-order valence-corrected chi connectivity index (χ2v) is 11.9. The lowest BCUT2D eigenvalue weighted by Crippen LogP contribution is -2.58. The summed E-state index contributed by atoms with van der Waals surface area (Å²) in [6.07, 6.45) is 5.18. The Labute approximate surface area is 206 Å². The van der Waals surface area contributed by atoms with E-state index in [4.69, 9.17) is 19.4 Å². The van der Waals surface area contributed by atoms with Crippen molar-refractivity contribution in [1.82, 2.24) is 24.5 Å². The lowest BCUT2D eigenvalue weighted by Gasteiger charge is -2.49. The maximum absolute atomic E-state index is 12.8. The quantitative estimate of drug-likeness (QED) is 0.557. The predicted octanol–water partition coefficient (Wildman–Crippen LogP) is 2.59. The van der Waals surface area contributed by atoms with E-state index in [2.05, 4.69) is 20.4 Å². The lowest BCUT2D eigenvalue weighted by molar-refractivity contribution is 0.109. The molecule has 0 amide bonds. The van der Waals surface area contributed by atoms with E-state index in [9.17, 15) is 8.42 Å². The van der Waals surface area contributed by atoms with E-state index in [-0.39, 0.29) is 30.0 Å². The zero-order chi connectivity index (χ0) is 24.6. The molecule has 5 rings (SSSR count). The third kappa shape index (κ3) is 5.24.